The van der Waals surface area contributed by atoms with Crippen molar-refractivity contribution >= 4 is 17.5 Å². The molecular formula is C17H16FN5O2. The number of carbonyl (C=O) groups excluding carboxylic acids is 2. The second-order valence-corrected chi connectivity index (χ2v) is 5.34. The van der Waals surface area contributed by atoms with Gasteiger partial charge in [0.1, 0.15) is 11.6 Å². The number of pyridine rings is 1. The first kappa shape index (κ1) is 16.6. The Kier molecular flexibility index (Phi) is 4.98. The van der Waals surface area contributed by atoms with Gasteiger partial charge in [0.05, 0.1) is 6.54 Å². The summed E-state index contributed by atoms with van der Waals surface area (Å²) in [6, 6.07) is 10.9. The molecule has 3 rings (SSSR count). The van der Waals surface area contributed by atoms with E-state index in [4.69, 9.17) is 0 Å². The van der Waals surface area contributed by atoms with E-state index >= 15 is 0 Å². The van der Waals surface area contributed by atoms with E-state index in [1.807, 2.05) is 28.8 Å². The molecule has 0 unspecified atom stereocenters. The van der Waals surface area contributed by atoms with Crippen LogP contribution in [-0.4, -0.2) is 39.5 Å². The molecule has 0 spiro atoms. The van der Waals surface area contributed by atoms with Crippen LogP contribution in [-0.2, 0) is 11.2 Å². The Morgan fingerprint density at radius 1 is 1.08 bits per heavy atom. The molecule has 2 heterocycles. The minimum absolute atomic E-state index is 0.169. The Hall–Kier alpha value is -3.29. The van der Waals surface area contributed by atoms with Gasteiger partial charge in [-0.2, -0.15) is 0 Å². The molecule has 0 saturated carbocycles. The third-order valence-electron chi connectivity index (χ3n) is 3.55. The second kappa shape index (κ2) is 7.52. The number of amides is 2. The fraction of sp³-hybridized carbons (Fsp3) is 0.176. The first-order valence-corrected chi connectivity index (χ1v) is 7.72. The number of hydrogen-bond donors (Lipinski definition) is 2. The number of halogens is 1. The summed E-state index contributed by atoms with van der Waals surface area (Å²) >= 11 is 0. The molecule has 128 valence electrons. The zero-order chi connectivity index (χ0) is 17.6. The normalized spacial score (nSPS) is 10.6. The summed E-state index contributed by atoms with van der Waals surface area (Å²) in [6.45, 7) is 0.181. The highest BCUT2D eigenvalue weighted by Crippen LogP contribution is 2.03. The van der Waals surface area contributed by atoms with Crippen LogP contribution in [0.5, 0.6) is 0 Å². The molecule has 1 aromatic carbocycles. The lowest BCUT2D eigenvalue weighted by Gasteiger charge is -2.07. The van der Waals surface area contributed by atoms with Crippen LogP contribution in [0, 0.1) is 5.82 Å². The van der Waals surface area contributed by atoms with Gasteiger partial charge >= 0.3 is 0 Å². The van der Waals surface area contributed by atoms with Crippen LogP contribution in [0.1, 0.15) is 16.2 Å². The van der Waals surface area contributed by atoms with Gasteiger partial charge in [-0.15, -0.1) is 10.2 Å². The number of fused-ring (bicyclic) bond motifs is 1. The highest BCUT2D eigenvalue weighted by Gasteiger charge is 2.09. The molecule has 8 heteroatoms. The van der Waals surface area contributed by atoms with E-state index in [1.54, 1.807) is 0 Å². The smallest absolute Gasteiger partial charge is 0.251 e. The Morgan fingerprint density at radius 3 is 2.80 bits per heavy atom. The van der Waals surface area contributed by atoms with Crippen molar-refractivity contribution in [2.24, 2.45) is 0 Å². The van der Waals surface area contributed by atoms with Crippen molar-refractivity contribution in [3.8, 4) is 0 Å². The van der Waals surface area contributed by atoms with E-state index in [2.05, 4.69) is 20.8 Å². The number of nitrogens with one attached hydrogen (secondary N) is 2. The van der Waals surface area contributed by atoms with Crippen LogP contribution in [0.25, 0.3) is 5.65 Å². The molecule has 0 fully saturated rings. The molecule has 0 aliphatic heterocycles. The molecular weight excluding hydrogens is 325 g/mol. The van der Waals surface area contributed by atoms with E-state index in [1.165, 1.54) is 18.2 Å². The topological polar surface area (TPSA) is 88.4 Å². The van der Waals surface area contributed by atoms with Gasteiger partial charge in [-0.25, -0.2) is 4.39 Å². The first-order valence-electron chi connectivity index (χ1n) is 7.72. The van der Waals surface area contributed by atoms with Crippen LogP contribution in [0.2, 0.25) is 0 Å². The van der Waals surface area contributed by atoms with Crippen molar-refractivity contribution in [3.05, 3.63) is 65.9 Å². The number of aromatic nitrogens is 3. The van der Waals surface area contributed by atoms with Gasteiger partial charge in [0.25, 0.3) is 5.91 Å². The fourth-order valence-corrected chi connectivity index (χ4v) is 2.33. The maximum Gasteiger partial charge on any atom is 0.251 e. The first-order chi connectivity index (χ1) is 12.1. The summed E-state index contributed by atoms with van der Waals surface area (Å²) in [5.74, 6) is -0.603. The maximum atomic E-state index is 13.1. The van der Waals surface area contributed by atoms with Gasteiger partial charge in [-0.1, -0.05) is 12.1 Å². The average Bonchev–Trinajstić information content (AvgIpc) is 3.03. The van der Waals surface area contributed by atoms with Crippen molar-refractivity contribution < 1.29 is 14.0 Å². The zero-order valence-corrected chi connectivity index (χ0v) is 13.3. The lowest BCUT2D eigenvalue weighted by atomic mass is 10.2. The number of benzene rings is 1. The summed E-state index contributed by atoms with van der Waals surface area (Å²) in [7, 11) is 0. The molecule has 3 aromatic rings. The Labute approximate surface area is 142 Å². The Bertz CT molecular complexity index is 909. The molecule has 2 amide bonds. The number of rotatable bonds is 6. The number of nitrogens with zero attached hydrogens (tertiary/aromatic N) is 3. The molecule has 25 heavy (non-hydrogen) atoms. The summed E-state index contributed by atoms with van der Waals surface area (Å²) in [4.78, 5) is 23.6. The standard InChI is InChI=1S/C17H16FN5O2/c18-13-5-3-4-12(10-13)17(25)20-11-16(24)19-8-7-15-22-21-14-6-1-2-9-23(14)15/h1-6,9-10H,7-8,11H2,(H,19,24)(H,20,25). The largest absolute Gasteiger partial charge is 0.354 e. The van der Waals surface area contributed by atoms with Crippen LogP contribution in [0.4, 0.5) is 4.39 Å². The minimum Gasteiger partial charge on any atom is -0.354 e. The van der Waals surface area contributed by atoms with Gasteiger partial charge < -0.3 is 10.6 Å². The van der Waals surface area contributed by atoms with E-state index in [0.717, 1.165) is 17.5 Å². The summed E-state index contributed by atoms with van der Waals surface area (Å²) in [5.41, 5.74) is 0.911. The summed E-state index contributed by atoms with van der Waals surface area (Å²) in [6.07, 6.45) is 2.36. The average molecular weight is 341 g/mol. The molecule has 7 nitrogen and oxygen atoms in total. The van der Waals surface area contributed by atoms with Crippen LogP contribution in [0.15, 0.2) is 48.7 Å². The monoisotopic (exact) mass is 341 g/mol. The quantitative estimate of drug-likeness (QED) is 0.699. The van der Waals surface area contributed by atoms with E-state index in [9.17, 15) is 14.0 Å². The van der Waals surface area contributed by atoms with E-state index in [0.29, 0.717) is 13.0 Å². The predicted octanol–water partition coefficient (Wildman–Crippen LogP) is 0.957. The van der Waals surface area contributed by atoms with Crippen molar-refractivity contribution in [3.63, 3.8) is 0 Å². The van der Waals surface area contributed by atoms with Crippen LogP contribution < -0.4 is 10.6 Å². The number of carbonyl (C=O) groups is 2. The van der Waals surface area contributed by atoms with Gasteiger partial charge in [0.15, 0.2) is 5.65 Å². The third kappa shape index (κ3) is 4.17. The van der Waals surface area contributed by atoms with Crippen LogP contribution >= 0.6 is 0 Å². The number of hydrogen-bond acceptors (Lipinski definition) is 4. The molecule has 0 aliphatic rings. The van der Waals surface area contributed by atoms with E-state index in [-0.39, 0.29) is 18.0 Å². The van der Waals surface area contributed by atoms with Gasteiger partial charge in [0, 0.05) is 24.7 Å². The minimum atomic E-state index is -0.502. The lowest BCUT2D eigenvalue weighted by molar-refractivity contribution is -0.120. The molecule has 0 aliphatic carbocycles. The van der Waals surface area contributed by atoms with Gasteiger partial charge in [-0.3, -0.25) is 14.0 Å². The van der Waals surface area contributed by atoms with E-state index < -0.39 is 11.7 Å². The zero-order valence-electron chi connectivity index (χ0n) is 13.3. The highest BCUT2D eigenvalue weighted by atomic mass is 19.1. The van der Waals surface area contributed by atoms with Crippen molar-refractivity contribution in [2.75, 3.05) is 13.1 Å². The van der Waals surface area contributed by atoms with Gasteiger partial charge in [-0.05, 0) is 30.3 Å². The summed E-state index contributed by atoms with van der Waals surface area (Å²) < 4.78 is 14.9. The van der Waals surface area contributed by atoms with Crippen molar-refractivity contribution in [1.29, 1.82) is 0 Å². The molecule has 0 saturated heterocycles. The summed E-state index contributed by atoms with van der Waals surface area (Å²) in [5, 5.41) is 13.2. The highest BCUT2D eigenvalue weighted by molar-refractivity contribution is 5.96. The maximum absolute atomic E-state index is 13.1. The molecule has 0 radical (unpaired) electrons. The molecule has 2 aromatic heterocycles. The lowest BCUT2D eigenvalue weighted by Crippen LogP contribution is -2.37. The molecule has 0 atom stereocenters. The van der Waals surface area contributed by atoms with Gasteiger partial charge in [0.2, 0.25) is 5.91 Å². The van der Waals surface area contributed by atoms with Crippen molar-refractivity contribution in [2.45, 2.75) is 6.42 Å². The Morgan fingerprint density at radius 2 is 1.96 bits per heavy atom. The molecule has 0 bridgehead atoms. The third-order valence-corrected chi connectivity index (χ3v) is 3.55. The van der Waals surface area contributed by atoms with Crippen LogP contribution in [0.3, 0.4) is 0 Å². The Balaban J connectivity index is 1.44. The fourth-order valence-electron chi connectivity index (χ4n) is 2.33. The van der Waals surface area contributed by atoms with Crippen molar-refractivity contribution in [1.82, 2.24) is 25.2 Å². The predicted molar refractivity (Wildman–Crippen MR) is 88.4 cm³/mol. The SMILES string of the molecule is O=C(CNC(=O)c1cccc(F)c1)NCCc1nnc2ccccn12. The molecule has 2 N–H and O–H groups in total. The second-order valence-electron chi connectivity index (χ2n) is 5.34.